The molecule has 2 aromatic heterocycles. The number of hydrogen-bond donors (Lipinski definition) is 4. The number of rotatable bonds is 5. The molecular formula is C24H25N7O. The molecule has 0 atom stereocenters. The maximum absolute atomic E-state index is 9.97. The predicted octanol–water partition coefficient (Wildman–Crippen LogP) is 3.60. The van der Waals surface area contributed by atoms with Crippen LogP contribution in [0.1, 0.15) is 18.2 Å². The minimum Gasteiger partial charge on any atom is -0.398 e. The smallest absolute Gasteiger partial charge is 0.180 e. The second-order valence-corrected chi connectivity index (χ2v) is 8.53. The van der Waals surface area contributed by atoms with Crippen LogP contribution in [0.4, 0.5) is 22.9 Å². The topological polar surface area (TPSA) is 116 Å². The van der Waals surface area contributed by atoms with E-state index in [1.807, 2.05) is 66.9 Å². The van der Waals surface area contributed by atoms with Crippen LogP contribution in [0.15, 0.2) is 54.9 Å². The lowest BCUT2D eigenvalue weighted by molar-refractivity contribution is 0.0310. The van der Waals surface area contributed by atoms with Gasteiger partial charge < -0.3 is 26.5 Å². The van der Waals surface area contributed by atoms with E-state index < -0.39 is 5.60 Å². The van der Waals surface area contributed by atoms with E-state index in [0.29, 0.717) is 30.2 Å². The van der Waals surface area contributed by atoms with Gasteiger partial charge in [0, 0.05) is 65.6 Å². The Balaban J connectivity index is 1.49. The molecule has 0 aliphatic carbocycles. The zero-order chi connectivity index (χ0) is 22.5. The van der Waals surface area contributed by atoms with Gasteiger partial charge in [0.15, 0.2) is 11.5 Å². The van der Waals surface area contributed by atoms with E-state index >= 15 is 0 Å². The summed E-state index contributed by atoms with van der Waals surface area (Å²) in [6.45, 7) is 5.12. The standard InChI is InChI=1S/C24H25N7O/c1-15-21(16-3-4-17(12-25)20(26)11-16)29-22(23-27-9-10-31(15)23)28-18-5-7-19(8-6-18)30-13-24(2,32)14-30/h3-12,25,32H,13-14,26H2,1-2H3,(H,28,29). The van der Waals surface area contributed by atoms with Crippen LogP contribution in [0.5, 0.6) is 0 Å². The van der Waals surface area contributed by atoms with Crippen molar-refractivity contribution in [1.82, 2.24) is 14.4 Å². The largest absolute Gasteiger partial charge is 0.398 e. The van der Waals surface area contributed by atoms with Crippen LogP contribution >= 0.6 is 0 Å². The number of β-amino-alcohol motifs (C(OH)–C–C–N with tert-alkyl or cyclic N) is 1. The summed E-state index contributed by atoms with van der Waals surface area (Å²) in [5, 5.41) is 20.8. The van der Waals surface area contributed by atoms with E-state index in [-0.39, 0.29) is 0 Å². The molecule has 32 heavy (non-hydrogen) atoms. The minimum absolute atomic E-state index is 0.541. The van der Waals surface area contributed by atoms with Gasteiger partial charge in [-0.1, -0.05) is 12.1 Å². The molecule has 0 saturated carbocycles. The average molecular weight is 428 g/mol. The number of nitrogens with two attached hydrogens (primary N) is 1. The first-order valence-electron chi connectivity index (χ1n) is 10.4. The highest BCUT2D eigenvalue weighted by molar-refractivity contribution is 5.87. The zero-order valence-corrected chi connectivity index (χ0v) is 18.0. The van der Waals surface area contributed by atoms with E-state index in [2.05, 4.69) is 15.2 Å². The van der Waals surface area contributed by atoms with Gasteiger partial charge in [0.1, 0.15) is 0 Å². The Kier molecular flexibility index (Phi) is 4.60. The van der Waals surface area contributed by atoms with Crippen molar-refractivity contribution in [2.45, 2.75) is 19.4 Å². The third kappa shape index (κ3) is 3.44. The van der Waals surface area contributed by atoms with E-state index in [0.717, 1.165) is 34.0 Å². The summed E-state index contributed by atoms with van der Waals surface area (Å²) in [6.07, 6.45) is 4.91. The highest BCUT2D eigenvalue weighted by atomic mass is 16.3. The van der Waals surface area contributed by atoms with E-state index in [9.17, 15) is 5.11 Å². The lowest BCUT2D eigenvalue weighted by Crippen LogP contribution is -2.60. The molecular weight excluding hydrogens is 402 g/mol. The van der Waals surface area contributed by atoms with Gasteiger partial charge in [-0.25, -0.2) is 9.97 Å². The van der Waals surface area contributed by atoms with Gasteiger partial charge in [0.2, 0.25) is 0 Å². The lowest BCUT2D eigenvalue weighted by Gasteiger charge is -2.45. The molecule has 1 fully saturated rings. The number of aliphatic hydroxyl groups is 1. The quantitative estimate of drug-likeness (QED) is 0.286. The van der Waals surface area contributed by atoms with Gasteiger partial charge in [0.25, 0.3) is 0 Å². The van der Waals surface area contributed by atoms with Gasteiger partial charge in [-0.05, 0) is 44.2 Å². The summed E-state index contributed by atoms with van der Waals surface area (Å²) < 4.78 is 2.00. The molecule has 8 heteroatoms. The first-order chi connectivity index (χ1) is 15.3. The number of fused-ring (bicyclic) bond motifs is 1. The fraction of sp³-hybridized carbons (Fsp3) is 0.208. The SMILES string of the molecule is Cc1c(-c2ccc(C=N)c(N)c2)nc(Nc2ccc(N3CC(C)(O)C3)cc2)c2nccn12. The number of aromatic nitrogens is 3. The Hall–Kier alpha value is -3.91. The molecule has 4 aromatic rings. The summed E-state index contributed by atoms with van der Waals surface area (Å²) in [6, 6.07) is 13.7. The molecule has 0 spiro atoms. The lowest BCUT2D eigenvalue weighted by atomic mass is 9.96. The molecule has 5 rings (SSSR count). The zero-order valence-electron chi connectivity index (χ0n) is 18.0. The summed E-state index contributed by atoms with van der Waals surface area (Å²) in [7, 11) is 0. The second-order valence-electron chi connectivity index (χ2n) is 8.53. The molecule has 0 radical (unpaired) electrons. The minimum atomic E-state index is -0.605. The average Bonchev–Trinajstić information content (AvgIpc) is 3.25. The Morgan fingerprint density at radius 2 is 1.94 bits per heavy atom. The van der Waals surface area contributed by atoms with Crippen LogP contribution in [-0.2, 0) is 0 Å². The maximum atomic E-state index is 9.97. The number of imidazole rings is 1. The number of nitrogen functional groups attached to an aromatic ring is 1. The van der Waals surface area contributed by atoms with Gasteiger partial charge in [-0.3, -0.25) is 4.40 Å². The van der Waals surface area contributed by atoms with Crippen LogP contribution in [0.2, 0.25) is 0 Å². The van der Waals surface area contributed by atoms with Crippen LogP contribution in [0.3, 0.4) is 0 Å². The monoisotopic (exact) mass is 427 g/mol. The van der Waals surface area contributed by atoms with Crippen LogP contribution in [-0.4, -0.2) is 44.4 Å². The Morgan fingerprint density at radius 3 is 2.59 bits per heavy atom. The fourth-order valence-corrected chi connectivity index (χ4v) is 4.17. The van der Waals surface area contributed by atoms with E-state index in [4.69, 9.17) is 16.1 Å². The number of benzene rings is 2. The van der Waals surface area contributed by atoms with Crippen LogP contribution in [0.25, 0.3) is 16.9 Å². The van der Waals surface area contributed by atoms with Gasteiger partial charge in [0.05, 0.1) is 11.3 Å². The number of anilines is 4. The summed E-state index contributed by atoms with van der Waals surface area (Å²) in [5.41, 5.74) is 12.1. The third-order valence-electron chi connectivity index (χ3n) is 5.85. The molecule has 1 aliphatic heterocycles. The normalized spacial score (nSPS) is 14.9. The van der Waals surface area contributed by atoms with Crippen molar-refractivity contribution >= 4 is 34.7 Å². The summed E-state index contributed by atoms with van der Waals surface area (Å²) >= 11 is 0. The van der Waals surface area contributed by atoms with Crippen LogP contribution in [0, 0.1) is 12.3 Å². The Morgan fingerprint density at radius 1 is 1.19 bits per heavy atom. The van der Waals surface area contributed by atoms with Crippen molar-refractivity contribution in [2.75, 3.05) is 29.0 Å². The molecule has 1 aliphatic rings. The number of nitrogens with zero attached hydrogens (tertiary/aromatic N) is 4. The van der Waals surface area contributed by atoms with Gasteiger partial charge in [-0.2, -0.15) is 0 Å². The maximum Gasteiger partial charge on any atom is 0.180 e. The molecule has 1 saturated heterocycles. The van der Waals surface area contributed by atoms with Gasteiger partial charge >= 0.3 is 0 Å². The summed E-state index contributed by atoms with van der Waals surface area (Å²) in [4.78, 5) is 11.5. The van der Waals surface area contributed by atoms with Gasteiger partial charge in [-0.15, -0.1) is 0 Å². The van der Waals surface area contributed by atoms with E-state index in [1.165, 1.54) is 6.21 Å². The third-order valence-corrected chi connectivity index (χ3v) is 5.85. The molecule has 0 amide bonds. The molecule has 3 heterocycles. The molecule has 0 bridgehead atoms. The highest BCUT2D eigenvalue weighted by Gasteiger charge is 2.36. The number of nitrogens with one attached hydrogen (secondary N) is 2. The van der Waals surface area contributed by atoms with E-state index in [1.54, 1.807) is 6.20 Å². The highest BCUT2D eigenvalue weighted by Crippen LogP contribution is 2.31. The summed E-state index contributed by atoms with van der Waals surface area (Å²) in [5.74, 6) is 0.643. The predicted molar refractivity (Wildman–Crippen MR) is 128 cm³/mol. The number of hydrogen-bond acceptors (Lipinski definition) is 7. The first kappa shape index (κ1) is 20.0. The molecule has 2 aromatic carbocycles. The second kappa shape index (κ2) is 7.35. The van der Waals surface area contributed by atoms with Crippen molar-refractivity contribution in [3.63, 3.8) is 0 Å². The van der Waals surface area contributed by atoms with Crippen molar-refractivity contribution in [2.24, 2.45) is 0 Å². The first-order valence-corrected chi connectivity index (χ1v) is 10.4. The molecule has 162 valence electrons. The molecule has 5 N–H and O–H groups in total. The Labute approximate surface area is 185 Å². The molecule has 0 unspecified atom stereocenters. The van der Waals surface area contributed by atoms with Crippen molar-refractivity contribution in [3.05, 3.63) is 66.1 Å². The Bertz CT molecular complexity index is 1320. The molecule has 8 nitrogen and oxygen atoms in total. The number of aryl methyl sites for hydroxylation is 1. The van der Waals surface area contributed by atoms with Crippen molar-refractivity contribution < 1.29 is 5.11 Å². The fourth-order valence-electron chi connectivity index (χ4n) is 4.17. The van der Waals surface area contributed by atoms with Crippen LogP contribution < -0.4 is 16.0 Å². The van der Waals surface area contributed by atoms with Crippen molar-refractivity contribution in [1.29, 1.82) is 5.41 Å². The van der Waals surface area contributed by atoms with Crippen molar-refractivity contribution in [3.8, 4) is 11.3 Å².